The van der Waals surface area contributed by atoms with Crippen LogP contribution in [0.2, 0.25) is 0 Å². The van der Waals surface area contributed by atoms with Gasteiger partial charge in [0.15, 0.2) is 11.5 Å². The Bertz CT molecular complexity index is 1140. The van der Waals surface area contributed by atoms with Crippen molar-refractivity contribution in [3.8, 4) is 11.5 Å². The molecule has 0 aliphatic carbocycles. The molecule has 4 aromatic rings. The first-order valence-electron chi connectivity index (χ1n) is 8.49. The summed E-state index contributed by atoms with van der Waals surface area (Å²) in [6.07, 6.45) is 0. The molecule has 1 aliphatic heterocycles. The van der Waals surface area contributed by atoms with Crippen LogP contribution in [0, 0.1) is 0 Å². The minimum Gasteiger partial charge on any atom is -0.486 e. The second kappa shape index (κ2) is 6.13. The van der Waals surface area contributed by atoms with Crippen molar-refractivity contribution in [1.29, 1.82) is 0 Å². The van der Waals surface area contributed by atoms with Crippen LogP contribution in [0.1, 0.15) is 13.8 Å². The molecule has 0 atom stereocenters. The molecule has 1 aromatic heterocycles. The summed E-state index contributed by atoms with van der Waals surface area (Å²) in [6, 6.07) is 14.8. The van der Waals surface area contributed by atoms with Crippen molar-refractivity contribution in [3.05, 3.63) is 58.8 Å². The van der Waals surface area contributed by atoms with E-state index in [2.05, 4.69) is 0 Å². The fraction of sp³-hybridized carbons (Fsp3) is 0.190. The van der Waals surface area contributed by atoms with E-state index >= 15 is 0 Å². The Morgan fingerprint density at radius 2 is 1.60 bits per heavy atom. The van der Waals surface area contributed by atoms with E-state index in [-0.39, 0.29) is 5.43 Å². The average molecular weight is 334 g/mol. The minimum absolute atomic E-state index is 0.0151. The Labute approximate surface area is 144 Å². The van der Waals surface area contributed by atoms with Crippen molar-refractivity contribution < 1.29 is 13.9 Å². The highest BCUT2D eigenvalue weighted by Gasteiger charge is 2.17. The molecule has 0 radical (unpaired) electrons. The van der Waals surface area contributed by atoms with Crippen molar-refractivity contribution >= 4 is 32.7 Å². The van der Waals surface area contributed by atoms with Gasteiger partial charge in [-0.2, -0.15) is 0 Å². The number of benzene rings is 3. The SMILES string of the molecule is CC.O=c1c2ccccc2oc2cc3c4c(ccc3cc12)OCCO4. The topological polar surface area (TPSA) is 48.7 Å². The van der Waals surface area contributed by atoms with Gasteiger partial charge in [0, 0.05) is 5.39 Å². The van der Waals surface area contributed by atoms with Crippen LogP contribution in [-0.2, 0) is 0 Å². The van der Waals surface area contributed by atoms with E-state index in [4.69, 9.17) is 13.9 Å². The van der Waals surface area contributed by atoms with Gasteiger partial charge in [0.05, 0.1) is 10.8 Å². The Balaban J connectivity index is 0.000000758. The Hall–Kier alpha value is -3.01. The third-order valence-electron chi connectivity index (χ3n) is 4.22. The Morgan fingerprint density at radius 1 is 0.800 bits per heavy atom. The van der Waals surface area contributed by atoms with E-state index in [9.17, 15) is 4.79 Å². The predicted molar refractivity (Wildman–Crippen MR) is 99.8 cm³/mol. The third kappa shape index (κ3) is 2.41. The molecule has 2 heterocycles. The molecular weight excluding hydrogens is 316 g/mol. The first-order valence-corrected chi connectivity index (χ1v) is 8.49. The maximum absolute atomic E-state index is 12.7. The summed E-state index contributed by atoms with van der Waals surface area (Å²) in [5, 5.41) is 3.00. The van der Waals surface area contributed by atoms with Crippen LogP contribution in [-0.4, -0.2) is 13.2 Å². The summed E-state index contributed by atoms with van der Waals surface area (Å²) in [7, 11) is 0. The van der Waals surface area contributed by atoms with Crippen molar-refractivity contribution in [2.75, 3.05) is 13.2 Å². The smallest absolute Gasteiger partial charge is 0.200 e. The quantitative estimate of drug-likeness (QED) is 0.429. The summed E-state index contributed by atoms with van der Waals surface area (Å²) >= 11 is 0. The van der Waals surface area contributed by atoms with Gasteiger partial charge in [-0.1, -0.05) is 32.0 Å². The highest BCUT2D eigenvalue weighted by Crippen LogP contribution is 2.39. The summed E-state index contributed by atoms with van der Waals surface area (Å²) in [5.41, 5.74) is 1.13. The molecule has 0 saturated heterocycles. The van der Waals surface area contributed by atoms with Gasteiger partial charge in [0.1, 0.15) is 24.4 Å². The number of ether oxygens (including phenoxy) is 2. The molecule has 126 valence electrons. The lowest BCUT2D eigenvalue weighted by atomic mass is 10.0. The van der Waals surface area contributed by atoms with Crippen molar-refractivity contribution in [2.45, 2.75) is 13.8 Å². The Morgan fingerprint density at radius 3 is 2.48 bits per heavy atom. The maximum Gasteiger partial charge on any atom is 0.200 e. The molecule has 3 aromatic carbocycles. The van der Waals surface area contributed by atoms with Crippen molar-refractivity contribution in [1.82, 2.24) is 0 Å². The van der Waals surface area contributed by atoms with Crippen LogP contribution in [0.4, 0.5) is 0 Å². The van der Waals surface area contributed by atoms with Crippen LogP contribution >= 0.6 is 0 Å². The monoisotopic (exact) mass is 334 g/mol. The first-order chi connectivity index (χ1) is 12.3. The van der Waals surface area contributed by atoms with E-state index in [1.54, 1.807) is 12.1 Å². The number of rotatable bonds is 0. The van der Waals surface area contributed by atoms with Gasteiger partial charge < -0.3 is 13.9 Å². The number of hydrogen-bond acceptors (Lipinski definition) is 4. The highest BCUT2D eigenvalue weighted by atomic mass is 16.6. The molecule has 0 amide bonds. The second-order valence-corrected chi connectivity index (χ2v) is 5.59. The van der Waals surface area contributed by atoms with Gasteiger partial charge in [-0.3, -0.25) is 4.79 Å². The van der Waals surface area contributed by atoms with Gasteiger partial charge >= 0.3 is 0 Å². The normalized spacial score (nSPS) is 12.9. The lowest BCUT2D eigenvalue weighted by molar-refractivity contribution is 0.174. The molecule has 4 heteroatoms. The summed E-state index contributed by atoms with van der Waals surface area (Å²) in [5.74, 6) is 1.44. The molecule has 0 spiro atoms. The molecule has 0 fully saturated rings. The summed E-state index contributed by atoms with van der Waals surface area (Å²) in [6.45, 7) is 5.07. The number of para-hydroxylation sites is 1. The number of fused-ring (bicyclic) bond motifs is 5. The molecule has 0 N–H and O–H groups in total. The second-order valence-electron chi connectivity index (χ2n) is 5.59. The molecule has 0 saturated carbocycles. The maximum atomic E-state index is 12.7. The molecule has 0 bridgehead atoms. The molecule has 0 unspecified atom stereocenters. The lowest BCUT2D eigenvalue weighted by Gasteiger charge is -2.20. The molecule has 25 heavy (non-hydrogen) atoms. The van der Waals surface area contributed by atoms with Gasteiger partial charge in [-0.25, -0.2) is 0 Å². The van der Waals surface area contributed by atoms with E-state index in [1.807, 2.05) is 50.2 Å². The van der Waals surface area contributed by atoms with E-state index < -0.39 is 0 Å². The molecular formula is C21H18O4. The van der Waals surface area contributed by atoms with Gasteiger partial charge in [-0.05, 0) is 35.7 Å². The summed E-state index contributed by atoms with van der Waals surface area (Å²) < 4.78 is 17.3. The minimum atomic E-state index is -0.0151. The zero-order valence-electron chi connectivity index (χ0n) is 14.2. The first kappa shape index (κ1) is 15.5. The van der Waals surface area contributed by atoms with Gasteiger partial charge in [-0.15, -0.1) is 0 Å². The molecule has 5 rings (SSSR count). The Kier molecular flexibility index (Phi) is 3.80. The van der Waals surface area contributed by atoms with Gasteiger partial charge in [0.2, 0.25) is 5.43 Å². The lowest BCUT2D eigenvalue weighted by Crippen LogP contribution is -2.15. The van der Waals surface area contributed by atoms with Crippen LogP contribution in [0.3, 0.4) is 0 Å². The van der Waals surface area contributed by atoms with Crippen molar-refractivity contribution in [2.24, 2.45) is 0 Å². The van der Waals surface area contributed by atoms with Crippen LogP contribution < -0.4 is 14.9 Å². The van der Waals surface area contributed by atoms with Crippen LogP contribution in [0.5, 0.6) is 11.5 Å². The molecule has 4 nitrogen and oxygen atoms in total. The fourth-order valence-corrected chi connectivity index (χ4v) is 3.13. The average Bonchev–Trinajstić information content (AvgIpc) is 2.69. The van der Waals surface area contributed by atoms with Crippen LogP contribution in [0.25, 0.3) is 32.7 Å². The van der Waals surface area contributed by atoms with Crippen molar-refractivity contribution in [3.63, 3.8) is 0 Å². The standard InChI is InChI=1S/C19H12O4.C2H6/c20-18-12-3-1-2-4-15(12)23-17-10-13-11(9-14(17)18)5-6-16-19(13)22-8-7-21-16;1-2/h1-6,9-10H,7-8H2;1-2H3. The zero-order chi connectivity index (χ0) is 17.4. The van der Waals surface area contributed by atoms with Gasteiger partial charge in [0.25, 0.3) is 0 Å². The number of hydrogen-bond donors (Lipinski definition) is 0. The van der Waals surface area contributed by atoms with E-state index in [0.717, 1.165) is 16.5 Å². The highest BCUT2D eigenvalue weighted by molar-refractivity contribution is 6.02. The third-order valence-corrected chi connectivity index (χ3v) is 4.22. The zero-order valence-corrected chi connectivity index (χ0v) is 14.2. The fourth-order valence-electron chi connectivity index (χ4n) is 3.13. The van der Waals surface area contributed by atoms with E-state index in [1.165, 1.54) is 0 Å². The largest absolute Gasteiger partial charge is 0.486 e. The molecule has 1 aliphatic rings. The van der Waals surface area contributed by atoms with Crippen LogP contribution in [0.15, 0.2) is 57.7 Å². The summed E-state index contributed by atoms with van der Waals surface area (Å²) in [4.78, 5) is 12.7. The predicted octanol–water partition coefficient (Wildman–Crippen LogP) is 4.90. The van der Waals surface area contributed by atoms with E-state index in [0.29, 0.717) is 40.9 Å².